The molecular formula is C18H20ClNO. The molecule has 1 saturated carbocycles. The molecule has 3 heteroatoms. The molecule has 2 nitrogen and oxygen atoms in total. The van der Waals surface area contributed by atoms with Gasteiger partial charge in [0, 0.05) is 23.2 Å². The number of hydrogen-bond acceptors (Lipinski definition) is 2. The predicted molar refractivity (Wildman–Crippen MR) is 87.3 cm³/mol. The fourth-order valence-corrected chi connectivity index (χ4v) is 2.41. The van der Waals surface area contributed by atoms with Gasteiger partial charge in [0.15, 0.2) is 0 Å². The van der Waals surface area contributed by atoms with E-state index in [-0.39, 0.29) is 0 Å². The molecule has 0 spiro atoms. The van der Waals surface area contributed by atoms with Crippen LogP contribution in [0, 0.1) is 13.8 Å². The maximum Gasteiger partial charge on any atom is 0.131 e. The smallest absolute Gasteiger partial charge is 0.131 e. The summed E-state index contributed by atoms with van der Waals surface area (Å²) in [6.07, 6.45) is 2.58. The molecule has 1 aliphatic rings. The summed E-state index contributed by atoms with van der Waals surface area (Å²) in [5.74, 6) is 1.74. The quantitative estimate of drug-likeness (QED) is 0.839. The zero-order chi connectivity index (χ0) is 14.8. The average molecular weight is 302 g/mol. The fourth-order valence-electron chi connectivity index (χ4n) is 2.30. The number of rotatable bonds is 5. The van der Waals surface area contributed by atoms with Crippen LogP contribution in [0.1, 0.15) is 29.5 Å². The molecule has 0 radical (unpaired) electrons. The first-order valence-electron chi connectivity index (χ1n) is 7.39. The molecular weight excluding hydrogens is 282 g/mol. The highest BCUT2D eigenvalue weighted by Crippen LogP contribution is 2.29. The number of aryl methyl sites for hydroxylation is 2. The lowest BCUT2D eigenvalue weighted by molar-refractivity contribution is 0.472. The highest BCUT2D eigenvalue weighted by atomic mass is 35.5. The molecule has 3 rings (SSSR count). The van der Waals surface area contributed by atoms with Gasteiger partial charge in [0.05, 0.1) is 0 Å². The third kappa shape index (κ3) is 3.78. The SMILES string of the molecule is Cc1ccc(Oc2ccc(Cl)c(C)c2)c(CNC2CC2)c1. The van der Waals surface area contributed by atoms with Gasteiger partial charge in [-0.25, -0.2) is 0 Å². The Bertz CT molecular complexity index is 650. The monoisotopic (exact) mass is 301 g/mol. The van der Waals surface area contributed by atoms with Crippen molar-refractivity contribution in [3.05, 3.63) is 58.1 Å². The molecule has 21 heavy (non-hydrogen) atoms. The van der Waals surface area contributed by atoms with Crippen LogP contribution in [0.5, 0.6) is 11.5 Å². The van der Waals surface area contributed by atoms with Gasteiger partial charge in [0.1, 0.15) is 11.5 Å². The summed E-state index contributed by atoms with van der Waals surface area (Å²) in [7, 11) is 0. The molecule has 0 atom stereocenters. The second-order valence-corrected chi connectivity index (χ2v) is 6.19. The molecule has 0 aromatic heterocycles. The summed E-state index contributed by atoms with van der Waals surface area (Å²) in [6, 6.07) is 12.8. The van der Waals surface area contributed by atoms with Crippen LogP contribution in [0.3, 0.4) is 0 Å². The van der Waals surface area contributed by atoms with E-state index < -0.39 is 0 Å². The van der Waals surface area contributed by atoms with Crippen LogP contribution in [0.15, 0.2) is 36.4 Å². The van der Waals surface area contributed by atoms with Crippen molar-refractivity contribution in [2.75, 3.05) is 0 Å². The van der Waals surface area contributed by atoms with Crippen LogP contribution in [0.2, 0.25) is 5.02 Å². The molecule has 1 N–H and O–H groups in total. The van der Waals surface area contributed by atoms with Gasteiger partial charge in [-0.15, -0.1) is 0 Å². The number of hydrogen-bond donors (Lipinski definition) is 1. The van der Waals surface area contributed by atoms with Crippen molar-refractivity contribution < 1.29 is 4.74 Å². The molecule has 0 unspecified atom stereocenters. The molecule has 0 saturated heterocycles. The van der Waals surface area contributed by atoms with Crippen LogP contribution in [-0.4, -0.2) is 6.04 Å². The minimum Gasteiger partial charge on any atom is -0.457 e. The Labute approximate surface area is 131 Å². The number of halogens is 1. The standard InChI is InChI=1S/C18H20ClNO/c1-12-3-8-18(14(9-12)11-20-15-4-5-15)21-16-6-7-17(19)13(2)10-16/h3,6-10,15,20H,4-5,11H2,1-2H3. The minimum atomic E-state index is 0.691. The fraction of sp³-hybridized carbons (Fsp3) is 0.333. The topological polar surface area (TPSA) is 21.3 Å². The highest BCUT2D eigenvalue weighted by Gasteiger charge is 2.20. The lowest BCUT2D eigenvalue weighted by Crippen LogP contribution is -2.15. The Hall–Kier alpha value is -1.51. The lowest BCUT2D eigenvalue weighted by Gasteiger charge is -2.13. The summed E-state index contributed by atoms with van der Waals surface area (Å²) in [6.45, 7) is 4.95. The van der Waals surface area contributed by atoms with E-state index in [9.17, 15) is 0 Å². The van der Waals surface area contributed by atoms with Gasteiger partial charge >= 0.3 is 0 Å². The molecule has 0 aliphatic heterocycles. The highest BCUT2D eigenvalue weighted by molar-refractivity contribution is 6.31. The van der Waals surface area contributed by atoms with Gasteiger partial charge in [-0.05, 0) is 56.5 Å². The summed E-state index contributed by atoms with van der Waals surface area (Å²) in [5.41, 5.74) is 3.48. The molecule has 2 aromatic carbocycles. The van der Waals surface area contributed by atoms with Crippen LogP contribution in [0.25, 0.3) is 0 Å². The Morgan fingerprint density at radius 2 is 1.95 bits per heavy atom. The molecule has 0 amide bonds. The van der Waals surface area contributed by atoms with E-state index in [1.165, 1.54) is 24.0 Å². The second kappa shape index (κ2) is 6.08. The lowest BCUT2D eigenvalue weighted by atomic mass is 10.1. The maximum atomic E-state index is 6.06. The van der Waals surface area contributed by atoms with Crippen molar-refractivity contribution in [1.82, 2.24) is 5.32 Å². The first-order chi connectivity index (χ1) is 10.1. The zero-order valence-corrected chi connectivity index (χ0v) is 13.2. The Morgan fingerprint density at radius 3 is 2.67 bits per heavy atom. The van der Waals surface area contributed by atoms with E-state index in [1.54, 1.807) is 0 Å². The van der Waals surface area contributed by atoms with E-state index in [4.69, 9.17) is 16.3 Å². The van der Waals surface area contributed by atoms with Crippen molar-refractivity contribution in [1.29, 1.82) is 0 Å². The van der Waals surface area contributed by atoms with Gasteiger partial charge in [-0.3, -0.25) is 0 Å². The first kappa shape index (κ1) is 14.4. The Balaban J connectivity index is 1.80. The van der Waals surface area contributed by atoms with Gasteiger partial charge in [-0.1, -0.05) is 29.3 Å². The van der Waals surface area contributed by atoms with Gasteiger partial charge in [0.2, 0.25) is 0 Å². The number of ether oxygens (including phenoxy) is 1. The maximum absolute atomic E-state index is 6.06. The van der Waals surface area contributed by atoms with Crippen molar-refractivity contribution in [2.45, 2.75) is 39.3 Å². The first-order valence-corrected chi connectivity index (χ1v) is 7.76. The van der Waals surface area contributed by atoms with Crippen molar-refractivity contribution in [2.24, 2.45) is 0 Å². The third-order valence-electron chi connectivity index (χ3n) is 3.73. The number of benzene rings is 2. The summed E-state index contributed by atoms with van der Waals surface area (Å²) in [5, 5.41) is 4.31. The van der Waals surface area contributed by atoms with Gasteiger partial charge in [0.25, 0.3) is 0 Å². The summed E-state index contributed by atoms with van der Waals surface area (Å²) >= 11 is 6.06. The molecule has 1 aliphatic carbocycles. The molecule has 110 valence electrons. The normalized spacial score (nSPS) is 14.2. The predicted octanol–water partition coefficient (Wildman–Crippen LogP) is 5.00. The molecule has 0 heterocycles. The molecule has 0 bridgehead atoms. The van der Waals surface area contributed by atoms with Crippen LogP contribution >= 0.6 is 11.6 Å². The van der Waals surface area contributed by atoms with E-state index in [0.717, 1.165) is 28.6 Å². The Morgan fingerprint density at radius 1 is 1.14 bits per heavy atom. The van der Waals surface area contributed by atoms with Crippen LogP contribution in [0.4, 0.5) is 0 Å². The summed E-state index contributed by atoms with van der Waals surface area (Å²) < 4.78 is 6.05. The Kier molecular flexibility index (Phi) is 4.18. The van der Waals surface area contributed by atoms with E-state index in [1.807, 2.05) is 31.2 Å². The zero-order valence-electron chi connectivity index (χ0n) is 12.4. The van der Waals surface area contributed by atoms with Crippen LogP contribution in [-0.2, 0) is 6.54 Å². The van der Waals surface area contributed by atoms with Crippen molar-refractivity contribution in [3.63, 3.8) is 0 Å². The minimum absolute atomic E-state index is 0.691. The van der Waals surface area contributed by atoms with Crippen molar-refractivity contribution >= 4 is 11.6 Å². The van der Waals surface area contributed by atoms with Crippen LogP contribution < -0.4 is 10.1 Å². The molecule has 2 aromatic rings. The third-order valence-corrected chi connectivity index (χ3v) is 4.16. The second-order valence-electron chi connectivity index (χ2n) is 5.78. The summed E-state index contributed by atoms with van der Waals surface area (Å²) in [4.78, 5) is 0. The average Bonchev–Trinajstić information content (AvgIpc) is 3.27. The largest absolute Gasteiger partial charge is 0.457 e. The van der Waals surface area contributed by atoms with Crippen molar-refractivity contribution in [3.8, 4) is 11.5 Å². The molecule has 1 fully saturated rings. The van der Waals surface area contributed by atoms with E-state index in [2.05, 4.69) is 24.4 Å². The number of nitrogens with one attached hydrogen (secondary N) is 1. The van der Waals surface area contributed by atoms with E-state index >= 15 is 0 Å². The van der Waals surface area contributed by atoms with Gasteiger partial charge < -0.3 is 10.1 Å². The van der Waals surface area contributed by atoms with Gasteiger partial charge in [-0.2, -0.15) is 0 Å². The van der Waals surface area contributed by atoms with E-state index in [0.29, 0.717) is 6.04 Å².